The maximum absolute atomic E-state index is 14.1. The number of phenols is 1. The average molecular weight is 505 g/mol. The summed E-state index contributed by atoms with van der Waals surface area (Å²) in [7, 11) is 1.84. The Labute approximate surface area is 220 Å². The Morgan fingerprint density at radius 1 is 1.11 bits per heavy atom. The van der Waals surface area contributed by atoms with Crippen LogP contribution in [-0.2, 0) is 0 Å². The molecule has 0 radical (unpaired) electrons. The van der Waals surface area contributed by atoms with Crippen LogP contribution in [0.5, 0.6) is 5.75 Å². The van der Waals surface area contributed by atoms with Crippen LogP contribution in [0.3, 0.4) is 0 Å². The molecule has 1 aliphatic rings. The number of likely N-dealkylation sites (N-methyl/N-ethyl adjacent to an activating group) is 1. The van der Waals surface area contributed by atoms with Gasteiger partial charge in [-0.15, -0.1) is 0 Å². The number of fused-ring (bicyclic) bond motifs is 1. The predicted octanol–water partition coefficient (Wildman–Crippen LogP) is 4.68. The largest absolute Gasteiger partial charge is 0.508 e. The van der Waals surface area contributed by atoms with E-state index in [2.05, 4.69) is 10.4 Å². The molecular formula is C30H28N6O2. The standard InChI is InChI=1S/C30H28N6O2/c1-35(19-22-8-4-13-31-22)30(38)28-25(20-6-2-9-23(16-20)36-15-5-14-33-36)18-32-27-12-11-26(34-29(27)28)21-7-3-10-24(37)17-21/h2-3,5-7,9-12,14-18,22,31,37H,4,8,13,19H2,1H3/t22-/m0/s1. The summed E-state index contributed by atoms with van der Waals surface area (Å²) in [4.78, 5) is 25.5. The molecule has 1 fully saturated rings. The number of phenolic OH excluding ortho intramolecular Hbond substituents is 1. The first-order valence-corrected chi connectivity index (χ1v) is 12.8. The summed E-state index contributed by atoms with van der Waals surface area (Å²) in [6.07, 6.45) is 7.54. The summed E-state index contributed by atoms with van der Waals surface area (Å²) >= 11 is 0. The highest BCUT2D eigenvalue weighted by atomic mass is 16.3. The highest BCUT2D eigenvalue weighted by Crippen LogP contribution is 2.32. The van der Waals surface area contributed by atoms with E-state index >= 15 is 0 Å². The Morgan fingerprint density at radius 2 is 1.97 bits per heavy atom. The topological polar surface area (TPSA) is 96.2 Å². The molecule has 8 nitrogen and oxygen atoms in total. The van der Waals surface area contributed by atoms with Gasteiger partial charge in [0.1, 0.15) is 11.3 Å². The Hall–Kier alpha value is -4.56. The monoisotopic (exact) mass is 504 g/mol. The summed E-state index contributed by atoms with van der Waals surface area (Å²) in [6, 6.07) is 20.8. The summed E-state index contributed by atoms with van der Waals surface area (Å²) in [5.41, 5.74) is 5.55. The van der Waals surface area contributed by atoms with Gasteiger partial charge in [0.15, 0.2) is 0 Å². The lowest BCUT2D eigenvalue weighted by molar-refractivity contribution is 0.0786. The maximum Gasteiger partial charge on any atom is 0.256 e. The molecule has 0 spiro atoms. The smallest absolute Gasteiger partial charge is 0.256 e. The molecule has 1 saturated heterocycles. The van der Waals surface area contributed by atoms with Crippen LogP contribution < -0.4 is 5.32 Å². The molecule has 1 amide bonds. The summed E-state index contributed by atoms with van der Waals surface area (Å²) in [5, 5.41) is 17.9. The highest BCUT2D eigenvalue weighted by molar-refractivity contribution is 6.10. The Kier molecular flexibility index (Phi) is 6.31. The van der Waals surface area contributed by atoms with E-state index in [0.717, 1.165) is 36.2 Å². The van der Waals surface area contributed by atoms with Crippen molar-refractivity contribution in [3.05, 3.63) is 90.9 Å². The molecule has 5 aromatic rings. The molecule has 0 bridgehead atoms. The molecule has 1 aliphatic heterocycles. The van der Waals surface area contributed by atoms with Crippen LogP contribution in [0.15, 0.2) is 85.3 Å². The van der Waals surface area contributed by atoms with Crippen LogP contribution in [0.1, 0.15) is 23.2 Å². The van der Waals surface area contributed by atoms with E-state index in [4.69, 9.17) is 9.97 Å². The number of carbonyl (C=O) groups is 1. The number of benzene rings is 2. The molecule has 0 saturated carbocycles. The number of hydrogen-bond donors (Lipinski definition) is 2. The van der Waals surface area contributed by atoms with Gasteiger partial charge in [0.25, 0.3) is 5.91 Å². The molecule has 4 heterocycles. The highest BCUT2D eigenvalue weighted by Gasteiger charge is 2.25. The van der Waals surface area contributed by atoms with Crippen molar-refractivity contribution >= 4 is 16.9 Å². The van der Waals surface area contributed by atoms with Gasteiger partial charge in [0, 0.05) is 49.4 Å². The summed E-state index contributed by atoms with van der Waals surface area (Å²) in [6.45, 7) is 1.59. The maximum atomic E-state index is 14.1. The van der Waals surface area contributed by atoms with Gasteiger partial charge >= 0.3 is 0 Å². The number of carbonyl (C=O) groups excluding carboxylic acids is 1. The number of aromatic nitrogens is 4. The van der Waals surface area contributed by atoms with Crippen LogP contribution in [0.4, 0.5) is 0 Å². The van der Waals surface area contributed by atoms with E-state index in [9.17, 15) is 9.90 Å². The fraction of sp³-hybridized carbons (Fsp3) is 0.200. The first-order chi connectivity index (χ1) is 18.6. The van der Waals surface area contributed by atoms with Crippen LogP contribution in [0.25, 0.3) is 39.1 Å². The lowest BCUT2D eigenvalue weighted by Crippen LogP contribution is -2.39. The van der Waals surface area contributed by atoms with E-state index in [-0.39, 0.29) is 17.7 Å². The number of hydrogen-bond acceptors (Lipinski definition) is 6. The zero-order chi connectivity index (χ0) is 26.1. The SMILES string of the molecule is CN(C[C@@H]1CCCN1)C(=O)c1c(-c2cccc(-n3cccn3)c2)cnc2ccc(-c3cccc(O)c3)nc12. The molecule has 8 heteroatoms. The lowest BCUT2D eigenvalue weighted by atomic mass is 9.98. The van der Waals surface area contributed by atoms with Crippen molar-refractivity contribution < 1.29 is 9.90 Å². The van der Waals surface area contributed by atoms with Gasteiger partial charge in [0.2, 0.25) is 0 Å². The van der Waals surface area contributed by atoms with Crippen molar-refractivity contribution in [2.45, 2.75) is 18.9 Å². The first-order valence-electron chi connectivity index (χ1n) is 12.8. The Bertz CT molecular complexity index is 1610. The van der Waals surface area contributed by atoms with Crippen molar-refractivity contribution in [3.8, 4) is 33.8 Å². The van der Waals surface area contributed by atoms with E-state index in [1.54, 1.807) is 40.2 Å². The minimum absolute atomic E-state index is 0.105. The molecule has 3 aromatic heterocycles. The fourth-order valence-corrected chi connectivity index (χ4v) is 5.08. The molecule has 1 atom stereocenters. The van der Waals surface area contributed by atoms with Gasteiger partial charge in [-0.2, -0.15) is 5.10 Å². The zero-order valence-corrected chi connectivity index (χ0v) is 21.1. The molecular weight excluding hydrogens is 476 g/mol. The van der Waals surface area contributed by atoms with Gasteiger partial charge in [-0.25, -0.2) is 9.67 Å². The third-order valence-corrected chi connectivity index (χ3v) is 7.00. The van der Waals surface area contributed by atoms with E-state index in [1.807, 2.05) is 61.8 Å². The normalized spacial score (nSPS) is 15.1. The molecule has 2 aromatic carbocycles. The van der Waals surface area contributed by atoms with Crippen molar-refractivity contribution in [3.63, 3.8) is 0 Å². The predicted molar refractivity (Wildman–Crippen MR) is 147 cm³/mol. The van der Waals surface area contributed by atoms with Crippen molar-refractivity contribution in [2.75, 3.05) is 20.1 Å². The van der Waals surface area contributed by atoms with Crippen molar-refractivity contribution in [1.29, 1.82) is 0 Å². The second-order valence-corrected chi connectivity index (χ2v) is 9.64. The Morgan fingerprint density at radius 3 is 2.76 bits per heavy atom. The fourth-order valence-electron chi connectivity index (χ4n) is 5.08. The van der Waals surface area contributed by atoms with Crippen LogP contribution in [0, 0.1) is 0 Å². The van der Waals surface area contributed by atoms with Gasteiger partial charge in [-0.1, -0.05) is 24.3 Å². The second kappa shape index (κ2) is 10.1. The van der Waals surface area contributed by atoms with E-state index in [0.29, 0.717) is 34.4 Å². The van der Waals surface area contributed by atoms with Gasteiger partial charge in [-0.3, -0.25) is 9.78 Å². The second-order valence-electron chi connectivity index (χ2n) is 9.64. The van der Waals surface area contributed by atoms with Crippen LogP contribution in [0.2, 0.25) is 0 Å². The third-order valence-electron chi connectivity index (χ3n) is 7.00. The average Bonchev–Trinajstić information content (AvgIpc) is 3.67. The molecule has 2 N–H and O–H groups in total. The lowest BCUT2D eigenvalue weighted by Gasteiger charge is -2.23. The number of amides is 1. The quantitative estimate of drug-likeness (QED) is 0.349. The molecule has 0 aliphatic carbocycles. The van der Waals surface area contributed by atoms with Crippen molar-refractivity contribution in [2.24, 2.45) is 0 Å². The molecule has 6 rings (SSSR count). The number of aromatic hydroxyl groups is 1. The number of rotatable bonds is 6. The minimum Gasteiger partial charge on any atom is -0.508 e. The van der Waals surface area contributed by atoms with Crippen LogP contribution in [-0.4, -0.2) is 61.8 Å². The number of nitrogens with zero attached hydrogens (tertiary/aromatic N) is 5. The summed E-state index contributed by atoms with van der Waals surface area (Å²) < 4.78 is 1.79. The molecule has 190 valence electrons. The molecule has 38 heavy (non-hydrogen) atoms. The number of nitrogens with one attached hydrogen (secondary N) is 1. The zero-order valence-electron chi connectivity index (χ0n) is 21.1. The Balaban J connectivity index is 1.52. The van der Waals surface area contributed by atoms with Crippen molar-refractivity contribution in [1.82, 2.24) is 30.0 Å². The summed E-state index contributed by atoms with van der Waals surface area (Å²) in [5.74, 6) is 0.0537. The van der Waals surface area contributed by atoms with Gasteiger partial charge in [0.05, 0.1) is 22.5 Å². The van der Waals surface area contributed by atoms with E-state index in [1.165, 1.54) is 0 Å². The number of pyridine rings is 2. The first kappa shape index (κ1) is 23.8. The third kappa shape index (κ3) is 4.62. The van der Waals surface area contributed by atoms with Gasteiger partial charge < -0.3 is 15.3 Å². The van der Waals surface area contributed by atoms with Crippen LogP contribution >= 0.6 is 0 Å². The molecule has 0 unspecified atom stereocenters. The van der Waals surface area contributed by atoms with E-state index < -0.39 is 0 Å². The van der Waals surface area contributed by atoms with Gasteiger partial charge in [-0.05, 0) is 67.4 Å². The minimum atomic E-state index is -0.105.